The Balaban J connectivity index is 2.19. The molecule has 0 amide bonds. The van der Waals surface area contributed by atoms with Crippen molar-refractivity contribution in [2.24, 2.45) is 0 Å². The van der Waals surface area contributed by atoms with Crippen molar-refractivity contribution in [1.82, 2.24) is 0 Å². The first-order chi connectivity index (χ1) is 21.4. The van der Waals surface area contributed by atoms with E-state index in [2.05, 4.69) is 6.92 Å². The van der Waals surface area contributed by atoms with Gasteiger partial charge in [-0.2, -0.15) is 0 Å². The minimum Gasteiger partial charge on any atom is -0.462 e. The number of esters is 2. The van der Waals surface area contributed by atoms with E-state index in [1.165, 1.54) is 83.5 Å². The van der Waals surface area contributed by atoms with E-state index in [0.29, 0.717) is 6.42 Å². The van der Waals surface area contributed by atoms with Crippen molar-refractivity contribution in [3.8, 4) is 0 Å². The third-order valence-corrected chi connectivity index (χ3v) is 8.98. The molecule has 0 bridgehead atoms. The second-order valence-electron chi connectivity index (χ2n) is 12.1. The van der Waals surface area contributed by atoms with Gasteiger partial charge in [-0.1, -0.05) is 110 Å². The van der Waals surface area contributed by atoms with Crippen molar-refractivity contribution >= 4 is 19.8 Å². The van der Waals surface area contributed by atoms with Crippen LogP contribution in [-0.4, -0.2) is 98.3 Å². The third-order valence-electron chi connectivity index (χ3n) is 8.00. The lowest BCUT2D eigenvalue weighted by Crippen LogP contribution is -2.64. The Labute approximate surface area is 268 Å². The van der Waals surface area contributed by atoms with Crippen LogP contribution in [0.25, 0.3) is 0 Å². The fraction of sp³-hybridized carbons (Fsp3) is 0.935. The SMILES string of the molecule is CCCCCCCCCCCCCCCCCCCC(=O)OC[C@H](COP(=O)(O)OC1C(O)C(O)C(O)[C@@H](O)C1O)OC(C)=O. The van der Waals surface area contributed by atoms with Crippen molar-refractivity contribution in [1.29, 1.82) is 0 Å². The lowest BCUT2D eigenvalue weighted by Gasteiger charge is -2.41. The number of carbonyl (C=O) groups excluding carboxylic acids is 2. The van der Waals surface area contributed by atoms with Gasteiger partial charge in [-0.15, -0.1) is 0 Å². The molecule has 0 aliphatic heterocycles. The summed E-state index contributed by atoms with van der Waals surface area (Å²) in [5, 5.41) is 49.1. The molecule has 266 valence electrons. The molecule has 0 spiro atoms. The van der Waals surface area contributed by atoms with Gasteiger partial charge in [0.15, 0.2) is 6.10 Å². The van der Waals surface area contributed by atoms with Crippen molar-refractivity contribution in [2.45, 2.75) is 172 Å². The molecule has 1 aliphatic rings. The van der Waals surface area contributed by atoms with Crippen LogP contribution in [0.1, 0.15) is 129 Å². The van der Waals surface area contributed by atoms with Crippen LogP contribution in [0.15, 0.2) is 0 Å². The molecule has 1 aliphatic carbocycles. The Hall–Kier alpha value is -1.15. The Bertz CT molecular complexity index is 828. The highest BCUT2D eigenvalue weighted by Crippen LogP contribution is 2.47. The fourth-order valence-corrected chi connectivity index (χ4v) is 6.26. The van der Waals surface area contributed by atoms with Crippen molar-refractivity contribution < 1.29 is 63.1 Å². The molecule has 13 nitrogen and oxygen atoms in total. The monoisotopic (exact) mass is 670 g/mol. The fourth-order valence-electron chi connectivity index (χ4n) is 5.29. The molecule has 6 N–H and O–H groups in total. The Morgan fingerprint density at radius 3 is 1.47 bits per heavy atom. The van der Waals surface area contributed by atoms with Gasteiger partial charge in [0.1, 0.15) is 43.2 Å². The number of ether oxygens (including phenoxy) is 2. The van der Waals surface area contributed by atoms with E-state index in [1.54, 1.807) is 0 Å². The maximum Gasteiger partial charge on any atom is 0.472 e. The van der Waals surface area contributed by atoms with Crippen LogP contribution in [0.4, 0.5) is 0 Å². The highest BCUT2D eigenvalue weighted by Gasteiger charge is 2.51. The minimum atomic E-state index is -5.06. The first-order valence-electron chi connectivity index (χ1n) is 16.8. The predicted molar refractivity (Wildman–Crippen MR) is 166 cm³/mol. The maximum absolute atomic E-state index is 12.4. The van der Waals surface area contributed by atoms with E-state index in [4.69, 9.17) is 18.5 Å². The lowest BCUT2D eigenvalue weighted by molar-refractivity contribution is -0.220. The number of phosphoric ester groups is 1. The molecular formula is C31H59O13P. The van der Waals surface area contributed by atoms with Crippen LogP contribution >= 0.6 is 7.82 Å². The summed E-state index contributed by atoms with van der Waals surface area (Å²) in [6.45, 7) is 2.14. The molecule has 0 saturated heterocycles. The summed E-state index contributed by atoms with van der Waals surface area (Å²) in [6.07, 6.45) is 7.87. The number of aliphatic hydroxyl groups excluding tert-OH is 5. The molecule has 6 unspecified atom stereocenters. The summed E-state index contributed by atoms with van der Waals surface area (Å²) in [7, 11) is -5.06. The third kappa shape index (κ3) is 18.7. The zero-order chi connectivity index (χ0) is 33.7. The van der Waals surface area contributed by atoms with Gasteiger partial charge in [0.25, 0.3) is 0 Å². The van der Waals surface area contributed by atoms with E-state index in [0.717, 1.165) is 26.2 Å². The average Bonchev–Trinajstić information content (AvgIpc) is 3.00. The first kappa shape index (κ1) is 41.9. The molecule has 1 saturated carbocycles. The predicted octanol–water partition coefficient (Wildman–Crippen LogP) is 3.82. The number of aliphatic hydroxyl groups is 5. The first-order valence-corrected chi connectivity index (χ1v) is 18.3. The maximum atomic E-state index is 12.4. The number of carbonyl (C=O) groups is 2. The molecule has 8 atom stereocenters. The molecule has 0 heterocycles. The molecule has 1 fully saturated rings. The quantitative estimate of drug-likeness (QED) is 0.0440. The summed E-state index contributed by atoms with van der Waals surface area (Å²) in [6, 6.07) is 0. The number of hydrogen-bond acceptors (Lipinski definition) is 12. The molecule has 0 aromatic carbocycles. The average molecular weight is 671 g/mol. The van der Waals surface area contributed by atoms with Crippen LogP contribution < -0.4 is 0 Å². The number of phosphoric acid groups is 1. The zero-order valence-corrected chi connectivity index (χ0v) is 28.1. The van der Waals surface area contributed by atoms with E-state index in [-0.39, 0.29) is 6.42 Å². The van der Waals surface area contributed by atoms with Gasteiger partial charge in [0.05, 0.1) is 6.61 Å². The molecule has 0 radical (unpaired) electrons. The summed E-state index contributed by atoms with van der Waals surface area (Å²) in [5.41, 5.74) is 0. The van der Waals surface area contributed by atoms with Crippen molar-refractivity contribution in [3.05, 3.63) is 0 Å². The molecule has 14 heteroatoms. The van der Waals surface area contributed by atoms with E-state index in [9.17, 15) is 44.6 Å². The van der Waals surface area contributed by atoms with Gasteiger partial charge in [-0.3, -0.25) is 18.6 Å². The largest absolute Gasteiger partial charge is 0.472 e. The van der Waals surface area contributed by atoms with Gasteiger partial charge in [0, 0.05) is 13.3 Å². The van der Waals surface area contributed by atoms with Crippen LogP contribution in [0, 0.1) is 0 Å². The highest BCUT2D eigenvalue weighted by molar-refractivity contribution is 7.47. The second kappa shape index (κ2) is 24.1. The van der Waals surface area contributed by atoms with Gasteiger partial charge < -0.3 is 39.9 Å². The number of unbranched alkanes of at least 4 members (excludes halogenated alkanes) is 16. The van der Waals surface area contributed by atoms with Gasteiger partial charge in [-0.05, 0) is 6.42 Å². The summed E-state index contributed by atoms with van der Waals surface area (Å²) >= 11 is 0. The zero-order valence-electron chi connectivity index (χ0n) is 27.2. The van der Waals surface area contributed by atoms with Gasteiger partial charge in [-0.25, -0.2) is 4.57 Å². The van der Waals surface area contributed by atoms with Gasteiger partial charge in [0.2, 0.25) is 0 Å². The minimum absolute atomic E-state index is 0.168. The second-order valence-corrected chi connectivity index (χ2v) is 13.5. The summed E-state index contributed by atoms with van der Waals surface area (Å²) in [4.78, 5) is 33.6. The van der Waals surface area contributed by atoms with Crippen LogP contribution in [0.2, 0.25) is 0 Å². The standard InChI is InChI=1S/C31H59O13P/c1-3-4-5-6-7-8-9-10-11-12-13-14-15-16-17-18-19-20-25(33)41-21-24(43-23(2)32)22-42-45(39,40)44-31-29(37)27(35)26(34)28(36)30(31)38/h24,26-31,34-38H,3-22H2,1-2H3,(H,39,40)/t24-,26?,27-,28?,29?,30?,31?/m1/s1. The van der Waals surface area contributed by atoms with E-state index in [1.807, 2.05) is 0 Å². The van der Waals surface area contributed by atoms with Crippen molar-refractivity contribution in [2.75, 3.05) is 13.2 Å². The van der Waals surface area contributed by atoms with Crippen LogP contribution in [0.3, 0.4) is 0 Å². The van der Waals surface area contributed by atoms with Gasteiger partial charge >= 0.3 is 19.8 Å². The highest BCUT2D eigenvalue weighted by atomic mass is 31.2. The summed E-state index contributed by atoms with van der Waals surface area (Å²) < 4.78 is 32.0. The molecule has 0 aromatic rings. The topological polar surface area (TPSA) is 210 Å². The smallest absolute Gasteiger partial charge is 0.462 e. The Morgan fingerprint density at radius 1 is 0.644 bits per heavy atom. The molecule has 45 heavy (non-hydrogen) atoms. The van der Waals surface area contributed by atoms with Crippen molar-refractivity contribution in [3.63, 3.8) is 0 Å². The Morgan fingerprint density at radius 2 is 1.04 bits per heavy atom. The molecule has 1 rings (SSSR count). The Kier molecular flexibility index (Phi) is 22.4. The number of hydrogen-bond donors (Lipinski definition) is 6. The van der Waals surface area contributed by atoms with Crippen LogP contribution in [0.5, 0.6) is 0 Å². The molecular weight excluding hydrogens is 611 g/mol. The van der Waals surface area contributed by atoms with E-state index >= 15 is 0 Å². The number of rotatable bonds is 26. The van der Waals surface area contributed by atoms with Crippen LogP contribution in [-0.2, 0) is 32.7 Å². The molecule has 0 aromatic heterocycles. The normalized spacial score (nSPS) is 25.4. The lowest BCUT2D eigenvalue weighted by atomic mass is 9.85. The summed E-state index contributed by atoms with van der Waals surface area (Å²) in [5.74, 6) is -1.29. The van der Waals surface area contributed by atoms with E-state index < -0.39 is 75.7 Å².